The maximum atomic E-state index is 12.9. The summed E-state index contributed by atoms with van der Waals surface area (Å²) in [7, 11) is -1.96. The zero-order valence-corrected chi connectivity index (χ0v) is 20.8. The molecule has 1 spiro atoms. The van der Waals surface area contributed by atoms with E-state index in [1.54, 1.807) is 31.4 Å². The number of amides is 1. The Labute approximate surface area is 202 Å². The van der Waals surface area contributed by atoms with Gasteiger partial charge in [0.1, 0.15) is 17.1 Å². The molecule has 2 aromatic rings. The molecule has 0 saturated heterocycles. The normalized spacial score (nSPS) is 19.1. The van der Waals surface area contributed by atoms with E-state index in [0.717, 1.165) is 43.4 Å². The van der Waals surface area contributed by atoms with E-state index >= 15 is 0 Å². The van der Waals surface area contributed by atoms with Crippen LogP contribution in [0.5, 0.6) is 11.5 Å². The lowest BCUT2D eigenvalue weighted by Crippen LogP contribution is -2.46. The van der Waals surface area contributed by atoms with Gasteiger partial charge in [0.25, 0.3) is 0 Å². The topological polar surface area (TPSA) is 84.9 Å². The highest BCUT2D eigenvalue weighted by molar-refractivity contribution is 7.92. The largest absolute Gasteiger partial charge is 0.497 e. The van der Waals surface area contributed by atoms with Crippen LogP contribution in [0.25, 0.3) is 0 Å². The summed E-state index contributed by atoms with van der Waals surface area (Å²) in [4.78, 5) is 12.9. The lowest BCUT2D eigenvalue weighted by Gasteiger charge is -2.44. The molecule has 1 heterocycles. The average Bonchev–Trinajstić information content (AvgIpc) is 2.81. The van der Waals surface area contributed by atoms with Gasteiger partial charge in [-0.1, -0.05) is 30.7 Å². The summed E-state index contributed by atoms with van der Waals surface area (Å²) in [6, 6.07) is 14.8. The fraction of sp³-hybridized carbons (Fsp3) is 0.500. The van der Waals surface area contributed by atoms with Crippen molar-refractivity contribution in [2.45, 2.75) is 63.0 Å². The van der Waals surface area contributed by atoms with Crippen LogP contribution in [0, 0.1) is 0 Å². The number of ether oxygens (including phenoxy) is 2. The number of anilines is 1. The molecule has 4 rings (SSSR count). The molecule has 0 bridgehead atoms. The number of sulfonamides is 1. The Hall–Kier alpha value is -2.74. The van der Waals surface area contributed by atoms with Crippen molar-refractivity contribution in [3.8, 4) is 11.5 Å². The Kier molecular flexibility index (Phi) is 7.36. The summed E-state index contributed by atoms with van der Waals surface area (Å²) in [6.45, 7) is 0.216. The van der Waals surface area contributed by atoms with Gasteiger partial charge in [0.2, 0.25) is 15.9 Å². The van der Waals surface area contributed by atoms with Gasteiger partial charge in [-0.3, -0.25) is 9.10 Å². The van der Waals surface area contributed by atoms with Crippen LogP contribution in [0.1, 0.15) is 63.0 Å². The van der Waals surface area contributed by atoms with Crippen LogP contribution in [0.2, 0.25) is 0 Å². The van der Waals surface area contributed by atoms with Crippen molar-refractivity contribution in [2.24, 2.45) is 0 Å². The molecule has 0 radical (unpaired) electrons. The number of rotatable bonds is 8. The van der Waals surface area contributed by atoms with Crippen molar-refractivity contribution in [1.82, 2.24) is 5.32 Å². The molecule has 2 aromatic carbocycles. The molecule has 34 heavy (non-hydrogen) atoms. The third-order valence-electron chi connectivity index (χ3n) is 6.80. The fourth-order valence-corrected chi connectivity index (χ4v) is 6.11. The Morgan fingerprint density at radius 1 is 1.15 bits per heavy atom. The minimum atomic E-state index is -3.50. The van der Waals surface area contributed by atoms with Crippen molar-refractivity contribution in [2.75, 3.05) is 24.2 Å². The highest BCUT2D eigenvalue weighted by Gasteiger charge is 2.42. The quantitative estimate of drug-likeness (QED) is 0.590. The van der Waals surface area contributed by atoms with Gasteiger partial charge in [-0.15, -0.1) is 0 Å². The molecule has 8 heteroatoms. The number of methoxy groups -OCH3 is 1. The fourth-order valence-electron chi connectivity index (χ4n) is 5.15. The number of fused-ring (bicyclic) bond motifs is 1. The van der Waals surface area contributed by atoms with Gasteiger partial charge < -0.3 is 14.8 Å². The third-order valence-corrected chi connectivity index (χ3v) is 8.00. The maximum Gasteiger partial charge on any atom is 0.232 e. The van der Waals surface area contributed by atoms with Crippen LogP contribution in [0.4, 0.5) is 5.69 Å². The van der Waals surface area contributed by atoms with Crippen LogP contribution in [0.3, 0.4) is 0 Å². The summed E-state index contributed by atoms with van der Waals surface area (Å²) in [5, 5.41) is 3.21. The second kappa shape index (κ2) is 10.3. The monoisotopic (exact) mass is 486 g/mol. The molecular formula is C26H34N2O5S. The molecule has 1 aliphatic carbocycles. The van der Waals surface area contributed by atoms with Gasteiger partial charge in [0.15, 0.2) is 0 Å². The molecule has 1 aliphatic heterocycles. The van der Waals surface area contributed by atoms with Gasteiger partial charge in [0.05, 0.1) is 25.1 Å². The molecule has 0 unspecified atom stereocenters. The van der Waals surface area contributed by atoms with E-state index in [1.807, 2.05) is 24.3 Å². The first-order valence-electron chi connectivity index (χ1n) is 12.0. The highest BCUT2D eigenvalue weighted by Crippen LogP contribution is 2.46. The number of para-hydroxylation sites is 1. The smallest absolute Gasteiger partial charge is 0.232 e. The van der Waals surface area contributed by atoms with Gasteiger partial charge in [-0.2, -0.15) is 0 Å². The molecule has 0 aromatic heterocycles. The number of hydrogen-bond acceptors (Lipinski definition) is 5. The van der Waals surface area contributed by atoms with Crippen molar-refractivity contribution in [3.63, 3.8) is 0 Å². The van der Waals surface area contributed by atoms with Crippen molar-refractivity contribution in [1.29, 1.82) is 0 Å². The van der Waals surface area contributed by atoms with E-state index in [0.29, 0.717) is 17.9 Å². The summed E-state index contributed by atoms with van der Waals surface area (Å²) < 4.78 is 37.8. The Bertz CT molecular complexity index is 1110. The Morgan fingerprint density at radius 2 is 1.91 bits per heavy atom. The van der Waals surface area contributed by atoms with E-state index in [9.17, 15) is 13.2 Å². The van der Waals surface area contributed by atoms with E-state index in [2.05, 4.69) is 5.32 Å². The highest BCUT2D eigenvalue weighted by atomic mass is 32.2. The summed E-state index contributed by atoms with van der Waals surface area (Å²) >= 11 is 0. The van der Waals surface area contributed by atoms with Crippen LogP contribution in [-0.2, 0) is 14.8 Å². The number of carbonyl (C=O) groups excluding carboxylic acids is 1. The first-order chi connectivity index (χ1) is 16.3. The van der Waals surface area contributed by atoms with E-state index in [1.165, 1.54) is 17.0 Å². The van der Waals surface area contributed by atoms with E-state index in [4.69, 9.17) is 9.47 Å². The second-order valence-corrected chi connectivity index (χ2v) is 11.3. The molecule has 7 nitrogen and oxygen atoms in total. The summed E-state index contributed by atoms with van der Waals surface area (Å²) in [5.41, 5.74) is 1.34. The third kappa shape index (κ3) is 5.66. The van der Waals surface area contributed by atoms with E-state index < -0.39 is 10.0 Å². The molecule has 1 saturated carbocycles. The van der Waals surface area contributed by atoms with E-state index in [-0.39, 0.29) is 30.5 Å². The van der Waals surface area contributed by atoms with Gasteiger partial charge in [-0.25, -0.2) is 8.42 Å². The van der Waals surface area contributed by atoms with Crippen LogP contribution < -0.4 is 19.1 Å². The Morgan fingerprint density at radius 3 is 2.65 bits per heavy atom. The Balaban J connectivity index is 1.41. The molecule has 1 amide bonds. The van der Waals surface area contributed by atoms with Crippen LogP contribution in [-0.4, -0.2) is 39.8 Å². The molecule has 2 aliphatic rings. The van der Waals surface area contributed by atoms with Crippen molar-refractivity contribution < 1.29 is 22.7 Å². The zero-order chi connectivity index (χ0) is 24.2. The second-order valence-electron chi connectivity index (χ2n) is 9.35. The molecule has 1 fully saturated rings. The minimum Gasteiger partial charge on any atom is -0.497 e. The number of carbonyl (C=O) groups is 1. The number of nitrogens with zero attached hydrogens (tertiary/aromatic N) is 1. The molecule has 1 N–H and O–H groups in total. The van der Waals surface area contributed by atoms with Crippen LogP contribution in [0.15, 0.2) is 48.5 Å². The molecule has 184 valence electrons. The van der Waals surface area contributed by atoms with Crippen molar-refractivity contribution >= 4 is 21.6 Å². The van der Waals surface area contributed by atoms with Gasteiger partial charge in [-0.05, 0) is 50.3 Å². The standard InChI is InChI=1S/C26H34N2O5S/c1-32-21-11-8-10-20(18-21)28(34(2,30)31)17-9-14-25(29)27-23-19-26(15-6-3-7-16-26)33-24-13-5-4-12-22(23)24/h4-5,8,10-13,18,23H,3,6-7,9,14-17,19H2,1-2H3,(H,27,29)/t23-/m1/s1. The number of nitrogens with one attached hydrogen (secondary N) is 1. The van der Waals surface area contributed by atoms with Gasteiger partial charge >= 0.3 is 0 Å². The van der Waals surface area contributed by atoms with Crippen molar-refractivity contribution in [3.05, 3.63) is 54.1 Å². The summed E-state index contributed by atoms with van der Waals surface area (Å²) in [6.07, 6.45) is 8.14. The van der Waals surface area contributed by atoms with Crippen LogP contribution >= 0.6 is 0 Å². The lowest BCUT2D eigenvalue weighted by molar-refractivity contribution is -0.122. The lowest BCUT2D eigenvalue weighted by atomic mass is 9.77. The number of hydrogen-bond donors (Lipinski definition) is 1. The predicted octanol–water partition coefficient (Wildman–Crippen LogP) is 4.58. The first-order valence-corrected chi connectivity index (χ1v) is 13.8. The average molecular weight is 487 g/mol. The SMILES string of the molecule is COc1cccc(N(CCCC(=O)N[C@@H]2CC3(CCCCC3)Oc3ccccc32)S(C)(=O)=O)c1. The molecule has 1 atom stereocenters. The molecular weight excluding hydrogens is 452 g/mol. The minimum absolute atomic E-state index is 0.0771. The predicted molar refractivity (Wildman–Crippen MR) is 133 cm³/mol. The first kappa shape index (κ1) is 24.4. The van der Waals surface area contributed by atoms with Gasteiger partial charge in [0, 0.05) is 31.0 Å². The number of benzene rings is 2. The zero-order valence-electron chi connectivity index (χ0n) is 20.0. The summed E-state index contributed by atoms with van der Waals surface area (Å²) in [5.74, 6) is 1.37. The maximum absolute atomic E-state index is 12.9.